The summed E-state index contributed by atoms with van der Waals surface area (Å²) in [5.41, 5.74) is 3.20. The number of hydrogen-bond donors (Lipinski definition) is 2. The molecule has 0 bridgehead atoms. The number of ether oxygens (including phenoxy) is 2. The molecular weight excluding hydrogens is 410 g/mol. The molecular formula is C24H25N3O5. The molecule has 0 saturated heterocycles. The maximum absolute atomic E-state index is 12.5. The van der Waals surface area contributed by atoms with Gasteiger partial charge in [-0.3, -0.25) is 9.59 Å². The molecule has 0 radical (unpaired) electrons. The van der Waals surface area contributed by atoms with Gasteiger partial charge in [0.25, 0.3) is 11.8 Å². The van der Waals surface area contributed by atoms with E-state index in [1.165, 1.54) is 11.1 Å². The summed E-state index contributed by atoms with van der Waals surface area (Å²) in [6.07, 6.45) is 1.45. The molecule has 0 atom stereocenters. The number of amides is 2. The van der Waals surface area contributed by atoms with Gasteiger partial charge in [0.1, 0.15) is 5.75 Å². The highest BCUT2D eigenvalue weighted by atomic mass is 16.5. The largest absolute Gasteiger partial charge is 0.507 e. The van der Waals surface area contributed by atoms with Crippen LogP contribution in [0.25, 0.3) is 10.8 Å². The fourth-order valence-corrected chi connectivity index (χ4v) is 2.90. The third kappa shape index (κ3) is 5.54. The van der Waals surface area contributed by atoms with Gasteiger partial charge >= 0.3 is 0 Å². The second-order valence-electron chi connectivity index (χ2n) is 7.13. The van der Waals surface area contributed by atoms with Crippen LogP contribution in [0.1, 0.15) is 22.8 Å². The van der Waals surface area contributed by atoms with Gasteiger partial charge in [-0.2, -0.15) is 5.10 Å². The van der Waals surface area contributed by atoms with Crippen molar-refractivity contribution in [1.82, 2.24) is 10.3 Å². The zero-order valence-corrected chi connectivity index (χ0v) is 18.2. The Balaban J connectivity index is 1.70. The fourth-order valence-electron chi connectivity index (χ4n) is 2.90. The average molecular weight is 435 g/mol. The van der Waals surface area contributed by atoms with E-state index >= 15 is 0 Å². The summed E-state index contributed by atoms with van der Waals surface area (Å²) in [6, 6.07) is 15.7. The Labute approximate surface area is 186 Å². The van der Waals surface area contributed by atoms with Crippen molar-refractivity contribution in [2.24, 2.45) is 5.10 Å². The number of aromatic hydroxyl groups is 1. The van der Waals surface area contributed by atoms with Gasteiger partial charge in [-0.25, -0.2) is 5.43 Å². The molecule has 0 fully saturated rings. The molecule has 3 aromatic carbocycles. The highest BCUT2D eigenvalue weighted by molar-refractivity contribution is 6.01. The van der Waals surface area contributed by atoms with Crippen LogP contribution in [-0.2, 0) is 4.79 Å². The number of rotatable bonds is 8. The summed E-state index contributed by atoms with van der Waals surface area (Å²) >= 11 is 0. The van der Waals surface area contributed by atoms with Crippen molar-refractivity contribution in [3.8, 4) is 17.2 Å². The predicted octanol–water partition coefficient (Wildman–Crippen LogP) is 3.18. The van der Waals surface area contributed by atoms with Crippen molar-refractivity contribution in [1.29, 1.82) is 0 Å². The number of carbonyl (C=O) groups is 2. The maximum atomic E-state index is 12.5. The summed E-state index contributed by atoms with van der Waals surface area (Å²) in [5, 5.41) is 15.8. The number of hydrazone groups is 1. The van der Waals surface area contributed by atoms with Gasteiger partial charge in [0, 0.05) is 14.1 Å². The van der Waals surface area contributed by atoms with E-state index < -0.39 is 5.91 Å². The minimum atomic E-state index is -0.531. The fraction of sp³-hybridized carbons (Fsp3) is 0.208. The second-order valence-corrected chi connectivity index (χ2v) is 7.13. The van der Waals surface area contributed by atoms with Gasteiger partial charge in [-0.1, -0.05) is 24.3 Å². The van der Waals surface area contributed by atoms with Crippen molar-refractivity contribution in [3.05, 3.63) is 65.7 Å². The SMILES string of the molecule is CCOc1cc(/C=N/NC(=O)c2cc3ccccc3cc2O)ccc1OCC(=O)N(C)C. The third-order valence-corrected chi connectivity index (χ3v) is 4.61. The van der Waals surface area contributed by atoms with Gasteiger partial charge in [0.15, 0.2) is 18.1 Å². The topological polar surface area (TPSA) is 100 Å². The molecule has 0 aliphatic heterocycles. The molecule has 0 heterocycles. The number of hydrogen-bond acceptors (Lipinski definition) is 6. The normalized spacial score (nSPS) is 10.8. The Hall–Kier alpha value is -4.07. The Morgan fingerprint density at radius 1 is 1.03 bits per heavy atom. The molecule has 2 N–H and O–H groups in total. The lowest BCUT2D eigenvalue weighted by Gasteiger charge is -2.14. The van der Waals surface area contributed by atoms with Crippen LogP contribution in [-0.4, -0.2) is 55.3 Å². The van der Waals surface area contributed by atoms with Crippen LogP contribution in [0, 0.1) is 0 Å². The molecule has 3 aromatic rings. The number of benzene rings is 3. The van der Waals surface area contributed by atoms with Crippen LogP contribution in [0.4, 0.5) is 0 Å². The summed E-state index contributed by atoms with van der Waals surface area (Å²) in [7, 11) is 3.31. The highest BCUT2D eigenvalue weighted by Gasteiger charge is 2.12. The van der Waals surface area contributed by atoms with Crippen molar-refractivity contribution in [2.45, 2.75) is 6.92 Å². The monoisotopic (exact) mass is 435 g/mol. The van der Waals surface area contributed by atoms with Gasteiger partial charge in [-0.15, -0.1) is 0 Å². The van der Waals surface area contributed by atoms with E-state index in [1.54, 1.807) is 44.4 Å². The molecule has 0 saturated carbocycles. The zero-order valence-electron chi connectivity index (χ0n) is 18.2. The molecule has 0 unspecified atom stereocenters. The second kappa shape index (κ2) is 10.3. The third-order valence-electron chi connectivity index (χ3n) is 4.61. The van der Waals surface area contributed by atoms with E-state index in [1.807, 2.05) is 31.2 Å². The van der Waals surface area contributed by atoms with E-state index in [-0.39, 0.29) is 23.8 Å². The highest BCUT2D eigenvalue weighted by Crippen LogP contribution is 2.28. The molecule has 0 aliphatic carbocycles. The lowest BCUT2D eigenvalue weighted by Crippen LogP contribution is -2.27. The summed E-state index contributed by atoms with van der Waals surface area (Å²) in [6.45, 7) is 2.15. The van der Waals surface area contributed by atoms with Crippen LogP contribution < -0.4 is 14.9 Å². The van der Waals surface area contributed by atoms with E-state index in [4.69, 9.17) is 9.47 Å². The van der Waals surface area contributed by atoms with E-state index in [2.05, 4.69) is 10.5 Å². The zero-order chi connectivity index (χ0) is 23.1. The first-order valence-electron chi connectivity index (χ1n) is 10.0. The van der Waals surface area contributed by atoms with Crippen molar-refractivity contribution < 1.29 is 24.2 Å². The number of fused-ring (bicyclic) bond motifs is 1. The molecule has 0 spiro atoms. The van der Waals surface area contributed by atoms with Gasteiger partial charge in [0.2, 0.25) is 0 Å². The van der Waals surface area contributed by atoms with Crippen LogP contribution >= 0.6 is 0 Å². The lowest BCUT2D eigenvalue weighted by molar-refractivity contribution is -0.130. The Morgan fingerprint density at radius 3 is 2.44 bits per heavy atom. The quantitative estimate of drug-likeness (QED) is 0.418. The Morgan fingerprint density at radius 2 is 1.75 bits per heavy atom. The summed E-state index contributed by atoms with van der Waals surface area (Å²) in [4.78, 5) is 25.7. The van der Waals surface area contributed by atoms with Gasteiger partial charge < -0.3 is 19.5 Å². The molecule has 8 nitrogen and oxygen atoms in total. The average Bonchev–Trinajstić information content (AvgIpc) is 2.77. The van der Waals surface area contributed by atoms with E-state index in [0.29, 0.717) is 23.7 Å². The van der Waals surface area contributed by atoms with Crippen LogP contribution in [0.2, 0.25) is 0 Å². The maximum Gasteiger partial charge on any atom is 0.275 e. The summed E-state index contributed by atoms with van der Waals surface area (Å²) < 4.78 is 11.2. The minimum Gasteiger partial charge on any atom is -0.507 e. The molecule has 3 rings (SSSR count). The van der Waals surface area contributed by atoms with Crippen LogP contribution in [0.15, 0.2) is 59.7 Å². The predicted molar refractivity (Wildman–Crippen MR) is 122 cm³/mol. The standard InChI is InChI=1S/C24H25N3O5/c1-4-31-22-11-16(9-10-21(22)32-15-23(29)27(2)3)14-25-26-24(30)19-12-17-7-5-6-8-18(17)13-20(19)28/h5-14,28H,4,15H2,1-3H3,(H,26,30)/b25-14+. The first kappa shape index (κ1) is 22.6. The number of nitrogens with zero attached hydrogens (tertiary/aromatic N) is 2. The van der Waals surface area contributed by atoms with Crippen LogP contribution in [0.3, 0.4) is 0 Å². The summed E-state index contributed by atoms with van der Waals surface area (Å²) in [5.74, 6) is 0.0732. The number of nitrogens with one attached hydrogen (secondary N) is 1. The van der Waals surface area contributed by atoms with Crippen molar-refractivity contribution in [2.75, 3.05) is 27.3 Å². The van der Waals surface area contributed by atoms with E-state index in [9.17, 15) is 14.7 Å². The number of carbonyl (C=O) groups excluding carboxylic acids is 2. The van der Waals surface area contributed by atoms with Gasteiger partial charge in [-0.05, 0) is 53.6 Å². The molecule has 8 heteroatoms. The van der Waals surface area contributed by atoms with Crippen molar-refractivity contribution in [3.63, 3.8) is 0 Å². The van der Waals surface area contributed by atoms with Gasteiger partial charge in [0.05, 0.1) is 18.4 Å². The smallest absolute Gasteiger partial charge is 0.275 e. The molecule has 166 valence electrons. The first-order valence-corrected chi connectivity index (χ1v) is 10.0. The first-order chi connectivity index (χ1) is 15.4. The Bertz CT molecular complexity index is 1160. The van der Waals surface area contributed by atoms with E-state index in [0.717, 1.165) is 10.8 Å². The van der Waals surface area contributed by atoms with Crippen LogP contribution in [0.5, 0.6) is 17.2 Å². The lowest BCUT2D eigenvalue weighted by atomic mass is 10.1. The molecule has 2 amide bonds. The van der Waals surface area contributed by atoms with Crippen molar-refractivity contribution >= 4 is 28.8 Å². The molecule has 0 aliphatic rings. The number of likely N-dealkylation sites (N-methyl/N-ethyl adjacent to an activating group) is 1. The molecule has 32 heavy (non-hydrogen) atoms. The molecule has 0 aromatic heterocycles. The number of phenolic OH excluding ortho intramolecular Hbond substituents is 1. The Kier molecular flexibility index (Phi) is 7.28. The number of phenols is 1. The minimum absolute atomic E-state index is 0.105.